The van der Waals surface area contributed by atoms with E-state index < -0.39 is 54.2 Å². The monoisotopic (exact) mass is 584 g/mol. The average Bonchev–Trinajstić information content (AvgIpc) is 2.91. The summed E-state index contributed by atoms with van der Waals surface area (Å²) in [5.41, 5.74) is -0.557. The topological polar surface area (TPSA) is 103 Å². The summed E-state index contributed by atoms with van der Waals surface area (Å²) in [5, 5.41) is 14.4. The van der Waals surface area contributed by atoms with Gasteiger partial charge in [-0.1, -0.05) is 26.0 Å². The van der Waals surface area contributed by atoms with Crippen LogP contribution in [0.15, 0.2) is 52.4 Å². The molecule has 13 heteroatoms. The number of alkyl halides is 5. The van der Waals surface area contributed by atoms with Crippen LogP contribution in [-0.4, -0.2) is 73.1 Å². The van der Waals surface area contributed by atoms with Crippen LogP contribution in [-0.2, 0) is 4.79 Å². The Morgan fingerprint density at radius 1 is 1.34 bits per heavy atom. The molecule has 1 aliphatic heterocycles. The van der Waals surface area contributed by atoms with Crippen molar-refractivity contribution in [2.75, 3.05) is 27.2 Å². The van der Waals surface area contributed by atoms with Crippen LogP contribution in [0.2, 0.25) is 0 Å². The Morgan fingerprint density at radius 3 is 2.59 bits per heavy atom. The number of piperidine rings is 1. The molecular weight excluding hydrogens is 547 g/mol. The second-order valence-electron chi connectivity index (χ2n) is 9.69. The van der Waals surface area contributed by atoms with Crippen molar-refractivity contribution in [2.45, 2.75) is 58.7 Å². The summed E-state index contributed by atoms with van der Waals surface area (Å²) in [6.45, 7) is 5.32. The lowest BCUT2D eigenvalue weighted by molar-refractivity contribution is -0.145. The summed E-state index contributed by atoms with van der Waals surface area (Å²) in [5.74, 6) is -4.45. The van der Waals surface area contributed by atoms with E-state index in [-0.39, 0.29) is 29.5 Å². The van der Waals surface area contributed by atoms with Crippen LogP contribution in [0.5, 0.6) is 5.88 Å². The number of methoxy groups -OCH3 is 1. The third-order valence-corrected chi connectivity index (χ3v) is 6.71. The summed E-state index contributed by atoms with van der Waals surface area (Å²) in [7, 11) is 2.97. The molecule has 0 bridgehead atoms. The lowest BCUT2D eigenvalue weighted by Crippen LogP contribution is -2.59. The molecular formula is C28H37F5N6O2. The number of rotatable bonds is 11. The maximum Gasteiger partial charge on any atom is 0.417 e. The quantitative estimate of drug-likeness (QED) is 0.240. The van der Waals surface area contributed by atoms with Crippen LogP contribution < -0.4 is 15.4 Å². The molecule has 226 valence electrons. The summed E-state index contributed by atoms with van der Waals surface area (Å²) >= 11 is 0. The highest BCUT2D eigenvalue weighted by atomic mass is 19.4. The molecule has 0 saturated carbocycles. The van der Waals surface area contributed by atoms with Gasteiger partial charge in [0.25, 0.3) is 11.8 Å². The lowest BCUT2D eigenvalue weighted by Gasteiger charge is -2.43. The number of pyridine rings is 1. The molecule has 2 heterocycles. The van der Waals surface area contributed by atoms with Crippen molar-refractivity contribution in [1.82, 2.24) is 20.5 Å². The van der Waals surface area contributed by atoms with Gasteiger partial charge >= 0.3 is 6.18 Å². The van der Waals surface area contributed by atoms with Gasteiger partial charge in [-0.25, -0.2) is 18.8 Å². The number of allylic oxidation sites excluding steroid dienone is 3. The molecule has 2 unspecified atom stereocenters. The molecule has 41 heavy (non-hydrogen) atoms. The highest BCUT2D eigenvalue weighted by Crippen LogP contribution is 2.35. The predicted octanol–water partition coefficient (Wildman–Crippen LogP) is 5.35. The molecule has 1 aromatic rings. The molecule has 1 fully saturated rings. The highest BCUT2D eigenvalue weighted by molar-refractivity contribution is 6.54. The molecule has 0 aromatic carbocycles. The maximum atomic E-state index is 14.7. The van der Waals surface area contributed by atoms with Crippen molar-refractivity contribution in [3.63, 3.8) is 0 Å². The zero-order valence-corrected chi connectivity index (χ0v) is 24.0. The Labute approximate surface area is 237 Å². The lowest BCUT2D eigenvalue weighted by atomic mass is 9.87. The van der Waals surface area contributed by atoms with Crippen LogP contribution in [0.1, 0.15) is 46.2 Å². The van der Waals surface area contributed by atoms with E-state index in [9.17, 15) is 26.7 Å². The van der Waals surface area contributed by atoms with Gasteiger partial charge in [0, 0.05) is 44.1 Å². The van der Waals surface area contributed by atoms with Crippen molar-refractivity contribution in [1.29, 1.82) is 5.41 Å². The van der Waals surface area contributed by atoms with Gasteiger partial charge in [0.2, 0.25) is 5.88 Å². The Kier molecular flexibility index (Phi) is 11.6. The first-order valence-electron chi connectivity index (χ1n) is 13.1. The van der Waals surface area contributed by atoms with E-state index in [4.69, 9.17) is 10.1 Å². The number of nitrogens with one attached hydrogen (secondary N) is 3. The first-order valence-corrected chi connectivity index (χ1v) is 13.1. The first-order chi connectivity index (χ1) is 19.2. The number of amides is 1. The fraction of sp³-hybridized carbons (Fsp3) is 0.500. The molecule has 1 aromatic heterocycles. The fourth-order valence-corrected chi connectivity index (χ4v) is 4.36. The third-order valence-electron chi connectivity index (χ3n) is 6.71. The number of carbonyl (C=O) groups is 1. The largest absolute Gasteiger partial charge is 0.481 e. The summed E-state index contributed by atoms with van der Waals surface area (Å²) in [4.78, 5) is 22.8. The smallest absolute Gasteiger partial charge is 0.417 e. The number of carbonyl (C=O) groups excluding carboxylic acids is 1. The SMILES string of the molecule is C\C=C(/C=N\C(NCC1C(C)CC(F)(F)CN1C(=O)C(=N)/C(=C\NC)c1cccc(OC)n1)=C(\C)CC)C(F)(F)F. The van der Waals surface area contributed by atoms with Crippen LogP contribution in [0.25, 0.3) is 5.57 Å². The van der Waals surface area contributed by atoms with Crippen LogP contribution in [0, 0.1) is 11.3 Å². The Bertz CT molecular complexity index is 1220. The minimum absolute atomic E-state index is 0.0695. The summed E-state index contributed by atoms with van der Waals surface area (Å²) in [6.07, 6.45) is -1.65. The Balaban J connectivity index is 2.41. The molecule has 8 nitrogen and oxygen atoms in total. The molecule has 0 radical (unpaired) electrons. The molecule has 2 rings (SSSR count). The van der Waals surface area contributed by atoms with Gasteiger partial charge in [-0.15, -0.1) is 0 Å². The number of aliphatic imine (C=N–C) groups is 1. The second-order valence-corrected chi connectivity index (χ2v) is 9.69. The van der Waals surface area contributed by atoms with E-state index in [0.717, 1.165) is 11.0 Å². The number of halogens is 5. The number of aromatic nitrogens is 1. The van der Waals surface area contributed by atoms with E-state index in [2.05, 4.69) is 20.6 Å². The number of ether oxygens (including phenoxy) is 1. The fourth-order valence-electron chi connectivity index (χ4n) is 4.36. The second kappa shape index (κ2) is 14.2. The summed E-state index contributed by atoms with van der Waals surface area (Å²) in [6, 6.07) is 3.95. The Hall–Kier alpha value is -3.77. The minimum atomic E-state index is -4.59. The summed E-state index contributed by atoms with van der Waals surface area (Å²) < 4.78 is 74.2. The van der Waals surface area contributed by atoms with Crippen LogP contribution in [0.3, 0.4) is 0 Å². The zero-order valence-electron chi connectivity index (χ0n) is 24.0. The number of hydrogen-bond donors (Lipinski definition) is 3. The van der Waals surface area contributed by atoms with Gasteiger partial charge in [0.1, 0.15) is 11.5 Å². The van der Waals surface area contributed by atoms with Gasteiger partial charge in [-0.3, -0.25) is 10.2 Å². The normalized spacial score (nSPS) is 20.5. The standard InChI is InChI=1S/C28H37F5N6O2/c1-7-17(3)25(36-13-19(8-2)28(31,32)33)37-15-22-18(4)12-27(29,30)16-39(22)26(40)24(34)20(14-35-5)21-10-9-11-23(38-21)41-6/h8-11,13-14,18,22,34-35,37H,7,12,15-16H2,1-6H3/b19-8+,20-14-,25-17+,34-24?,36-13-. The van der Waals surface area contributed by atoms with E-state index in [1.165, 1.54) is 20.2 Å². The third kappa shape index (κ3) is 8.86. The molecule has 3 N–H and O–H groups in total. The van der Waals surface area contributed by atoms with Crippen molar-refractivity contribution in [3.8, 4) is 5.88 Å². The van der Waals surface area contributed by atoms with Crippen LogP contribution >= 0.6 is 0 Å². The minimum Gasteiger partial charge on any atom is -0.481 e. The van der Waals surface area contributed by atoms with Gasteiger partial charge < -0.3 is 20.3 Å². The number of nitrogens with zero attached hydrogens (tertiary/aromatic N) is 3. The molecule has 0 aliphatic carbocycles. The van der Waals surface area contributed by atoms with Crippen molar-refractivity contribution < 1.29 is 31.5 Å². The van der Waals surface area contributed by atoms with Crippen molar-refractivity contribution in [3.05, 3.63) is 53.1 Å². The maximum absolute atomic E-state index is 14.7. The molecule has 0 spiro atoms. The van der Waals surface area contributed by atoms with Gasteiger partial charge in [0.05, 0.1) is 31.0 Å². The molecule has 1 saturated heterocycles. The van der Waals surface area contributed by atoms with E-state index in [1.54, 1.807) is 46.0 Å². The molecule has 1 aliphatic rings. The average molecular weight is 585 g/mol. The first kappa shape index (κ1) is 33.4. The highest BCUT2D eigenvalue weighted by Gasteiger charge is 2.47. The van der Waals surface area contributed by atoms with Gasteiger partial charge in [0.15, 0.2) is 0 Å². The van der Waals surface area contributed by atoms with Crippen LogP contribution in [0.4, 0.5) is 22.0 Å². The number of hydrogen-bond acceptors (Lipinski definition) is 7. The molecule has 2 atom stereocenters. The zero-order chi connectivity index (χ0) is 31.0. The van der Waals surface area contributed by atoms with E-state index in [0.29, 0.717) is 18.2 Å². The Morgan fingerprint density at radius 2 is 2.02 bits per heavy atom. The van der Waals surface area contributed by atoms with Crippen molar-refractivity contribution >= 4 is 23.4 Å². The van der Waals surface area contributed by atoms with Crippen molar-refractivity contribution in [2.24, 2.45) is 10.9 Å². The molecule has 1 amide bonds. The van der Waals surface area contributed by atoms with Gasteiger partial charge in [-0.05, 0) is 37.8 Å². The van der Waals surface area contributed by atoms with E-state index in [1.807, 2.05) is 0 Å². The predicted molar refractivity (Wildman–Crippen MR) is 149 cm³/mol. The van der Waals surface area contributed by atoms with E-state index >= 15 is 0 Å². The van der Waals surface area contributed by atoms with Gasteiger partial charge in [-0.2, -0.15) is 13.2 Å². The number of likely N-dealkylation sites (tertiary alicyclic amines) is 1.